The summed E-state index contributed by atoms with van der Waals surface area (Å²) < 4.78 is 28.4. The summed E-state index contributed by atoms with van der Waals surface area (Å²) in [5.41, 5.74) is 2.23. The zero-order chi connectivity index (χ0) is 22.8. The lowest BCUT2D eigenvalue weighted by molar-refractivity contribution is 0.273. The molecule has 1 N–H and O–H groups in total. The van der Waals surface area contributed by atoms with Crippen molar-refractivity contribution in [3.8, 4) is 11.1 Å². The molecule has 3 heteroatoms. The number of aliphatic hydroxyl groups excluding tert-OH is 1. The van der Waals surface area contributed by atoms with Gasteiger partial charge < -0.3 is 5.11 Å². The summed E-state index contributed by atoms with van der Waals surface area (Å²) >= 11 is 0. The van der Waals surface area contributed by atoms with Gasteiger partial charge in [-0.15, -0.1) is 0 Å². The third-order valence-electron chi connectivity index (χ3n) is 7.34. The van der Waals surface area contributed by atoms with Crippen LogP contribution < -0.4 is 0 Å². The maximum atomic E-state index is 14.4. The predicted molar refractivity (Wildman–Crippen MR) is 130 cm³/mol. The molecule has 0 unspecified atom stereocenters. The van der Waals surface area contributed by atoms with Gasteiger partial charge in [0.25, 0.3) is 0 Å². The van der Waals surface area contributed by atoms with Crippen LogP contribution in [-0.4, -0.2) is 5.11 Å². The molecular formula is C29H40F2O. The van der Waals surface area contributed by atoms with Gasteiger partial charge in [0.2, 0.25) is 0 Å². The maximum Gasteiger partial charge on any atom is 0.167 e. The minimum absolute atomic E-state index is 0.00777. The highest BCUT2D eigenvalue weighted by molar-refractivity contribution is 5.65. The molecule has 2 aromatic rings. The Morgan fingerprint density at radius 2 is 1.38 bits per heavy atom. The van der Waals surface area contributed by atoms with Crippen LogP contribution in [0.1, 0.15) is 107 Å². The normalized spacial score (nSPS) is 18.8. The molecule has 0 saturated heterocycles. The second-order valence-electron chi connectivity index (χ2n) is 9.66. The number of hydrogen-bond acceptors (Lipinski definition) is 1. The summed E-state index contributed by atoms with van der Waals surface area (Å²) in [5, 5.41) is 9.10. The number of aliphatic hydroxyl groups is 1. The molecule has 1 saturated carbocycles. The van der Waals surface area contributed by atoms with Crippen LogP contribution in [0.15, 0.2) is 36.4 Å². The molecule has 2 aromatic carbocycles. The fraction of sp³-hybridized carbons (Fsp3) is 0.586. The standard InChI is InChI=1S/C29H40F2O/c1-2-3-4-5-6-7-8-9-10-22-11-13-23(14-12-22)24-15-17-25(18-16-24)27-20-19-26(21-32)28(30)29(27)31/h15-20,22-23,32H,2-14,21H2,1H3. The zero-order valence-electron chi connectivity index (χ0n) is 19.7. The predicted octanol–water partition coefficient (Wildman–Crippen LogP) is 8.93. The second kappa shape index (κ2) is 13.1. The third kappa shape index (κ3) is 6.88. The first-order valence-electron chi connectivity index (χ1n) is 12.8. The van der Waals surface area contributed by atoms with Crippen molar-refractivity contribution >= 4 is 0 Å². The molecule has 0 bridgehead atoms. The summed E-state index contributed by atoms with van der Waals surface area (Å²) in [5.74, 6) is -0.375. The van der Waals surface area contributed by atoms with Crippen molar-refractivity contribution in [2.45, 2.75) is 103 Å². The SMILES string of the molecule is CCCCCCCCCCC1CCC(c2ccc(-c3ccc(CO)c(F)c3F)cc2)CC1. The van der Waals surface area contributed by atoms with Crippen LogP contribution >= 0.6 is 0 Å². The topological polar surface area (TPSA) is 20.2 Å². The number of hydrogen-bond donors (Lipinski definition) is 1. The van der Waals surface area contributed by atoms with Crippen LogP contribution in [0.3, 0.4) is 0 Å². The summed E-state index contributed by atoms with van der Waals surface area (Å²) in [6, 6.07) is 11.0. The molecule has 0 aromatic heterocycles. The molecule has 32 heavy (non-hydrogen) atoms. The quantitative estimate of drug-likeness (QED) is 0.325. The van der Waals surface area contributed by atoms with Gasteiger partial charge in [-0.2, -0.15) is 0 Å². The van der Waals surface area contributed by atoms with Crippen molar-refractivity contribution in [1.29, 1.82) is 0 Å². The first-order valence-corrected chi connectivity index (χ1v) is 12.8. The minimum Gasteiger partial charge on any atom is -0.392 e. The summed E-state index contributed by atoms with van der Waals surface area (Å²) in [6.45, 7) is 1.77. The number of rotatable bonds is 12. The van der Waals surface area contributed by atoms with Gasteiger partial charge in [0.1, 0.15) is 0 Å². The van der Waals surface area contributed by atoms with E-state index in [0.717, 1.165) is 5.92 Å². The Kier molecular flexibility index (Phi) is 10.2. The highest BCUT2D eigenvalue weighted by Gasteiger charge is 2.22. The van der Waals surface area contributed by atoms with Gasteiger partial charge in [0, 0.05) is 11.1 Å². The van der Waals surface area contributed by atoms with E-state index in [1.54, 1.807) is 6.07 Å². The van der Waals surface area contributed by atoms with Gasteiger partial charge in [0.05, 0.1) is 6.61 Å². The van der Waals surface area contributed by atoms with Crippen LogP contribution in [-0.2, 0) is 6.61 Å². The first-order chi connectivity index (χ1) is 15.6. The Morgan fingerprint density at radius 3 is 2.00 bits per heavy atom. The Hall–Kier alpha value is -1.74. The molecule has 0 heterocycles. The molecule has 0 amide bonds. The Bertz CT molecular complexity index is 807. The molecule has 176 valence electrons. The Labute approximate surface area is 193 Å². The molecule has 0 atom stereocenters. The molecule has 3 rings (SSSR count). The summed E-state index contributed by atoms with van der Waals surface area (Å²) in [7, 11) is 0. The fourth-order valence-corrected chi connectivity index (χ4v) is 5.22. The van der Waals surface area contributed by atoms with E-state index < -0.39 is 18.2 Å². The minimum atomic E-state index is -0.955. The molecule has 1 aliphatic rings. The van der Waals surface area contributed by atoms with Crippen LogP contribution in [0.2, 0.25) is 0 Å². The monoisotopic (exact) mass is 442 g/mol. The van der Waals surface area contributed by atoms with E-state index in [9.17, 15) is 8.78 Å². The lowest BCUT2D eigenvalue weighted by Crippen LogP contribution is -2.13. The van der Waals surface area contributed by atoms with E-state index in [1.807, 2.05) is 12.1 Å². The fourth-order valence-electron chi connectivity index (χ4n) is 5.22. The maximum absolute atomic E-state index is 14.4. The van der Waals surface area contributed by atoms with E-state index in [-0.39, 0.29) is 11.1 Å². The van der Waals surface area contributed by atoms with Gasteiger partial charge in [-0.1, -0.05) is 101 Å². The highest BCUT2D eigenvalue weighted by atomic mass is 19.2. The van der Waals surface area contributed by atoms with Gasteiger partial charge in [-0.05, 0) is 48.6 Å². The molecule has 1 aliphatic carbocycles. The smallest absolute Gasteiger partial charge is 0.167 e. The highest BCUT2D eigenvalue weighted by Crippen LogP contribution is 2.38. The van der Waals surface area contributed by atoms with Crippen LogP contribution in [0, 0.1) is 17.6 Å². The summed E-state index contributed by atoms with van der Waals surface area (Å²) in [6.07, 6.45) is 17.6. The van der Waals surface area contributed by atoms with Crippen molar-refractivity contribution in [2.75, 3.05) is 0 Å². The van der Waals surface area contributed by atoms with Crippen LogP contribution in [0.4, 0.5) is 8.78 Å². The molecule has 1 nitrogen and oxygen atoms in total. The van der Waals surface area contributed by atoms with Crippen molar-refractivity contribution < 1.29 is 13.9 Å². The molecular weight excluding hydrogens is 402 g/mol. The zero-order valence-corrected chi connectivity index (χ0v) is 19.7. The van der Waals surface area contributed by atoms with E-state index in [0.29, 0.717) is 11.5 Å². The second-order valence-corrected chi connectivity index (χ2v) is 9.66. The molecule has 0 spiro atoms. The van der Waals surface area contributed by atoms with Gasteiger partial charge in [0.15, 0.2) is 11.6 Å². The van der Waals surface area contributed by atoms with E-state index in [1.165, 1.54) is 95.1 Å². The Balaban J connectivity index is 1.42. The molecule has 1 fully saturated rings. The average molecular weight is 443 g/mol. The van der Waals surface area contributed by atoms with Crippen molar-refractivity contribution in [1.82, 2.24) is 0 Å². The lowest BCUT2D eigenvalue weighted by Gasteiger charge is -2.29. The molecule has 0 radical (unpaired) electrons. The Morgan fingerprint density at radius 1 is 0.750 bits per heavy atom. The van der Waals surface area contributed by atoms with E-state index in [4.69, 9.17) is 5.11 Å². The average Bonchev–Trinajstić information content (AvgIpc) is 2.83. The van der Waals surface area contributed by atoms with Gasteiger partial charge in [-0.25, -0.2) is 8.78 Å². The largest absolute Gasteiger partial charge is 0.392 e. The summed E-state index contributed by atoms with van der Waals surface area (Å²) in [4.78, 5) is 0. The number of benzene rings is 2. The van der Waals surface area contributed by atoms with Crippen LogP contribution in [0.5, 0.6) is 0 Å². The number of unbranched alkanes of at least 4 members (excludes halogenated alkanes) is 7. The number of halogens is 2. The van der Waals surface area contributed by atoms with Gasteiger partial charge >= 0.3 is 0 Å². The van der Waals surface area contributed by atoms with Crippen molar-refractivity contribution in [3.63, 3.8) is 0 Å². The molecule has 0 aliphatic heterocycles. The third-order valence-corrected chi connectivity index (χ3v) is 7.34. The van der Waals surface area contributed by atoms with E-state index in [2.05, 4.69) is 19.1 Å². The van der Waals surface area contributed by atoms with Gasteiger partial charge in [-0.3, -0.25) is 0 Å². The lowest BCUT2D eigenvalue weighted by atomic mass is 9.77. The van der Waals surface area contributed by atoms with Crippen molar-refractivity contribution in [3.05, 3.63) is 59.2 Å². The van der Waals surface area contributed by atoms with Crippen LogP contribution in [0.25, 0.3) is 11.1 Å². The van der Waals surface area contributed by atoms with Crippen molar-refractivity contribution in [2.24, 2.45) is 5.92 Å². The van der Waals surface area contributed by atoms with E-state index >= 15 is 0 Å². The first kappa shape index (κ1) is 24.9.